The van der Waals surface area contributed by atoms with E-state index in [0.717, 1.165) is 11.6 Å². The number of amides is 2. The molecular weight excluding hydrogens is 430 g/mol. The number of nitrogens with one attached hydrogen (secondary N) is 2. The molecule has 3 saturated carbocycles. The van der Waals surface area contributed by atoms with Crippen molar-refractivity contribution in [3.05, 3.63) is 57.8 Å². The molecule has 2 N–H and O–H groups in total. The number of hydrogen-bond acceptors (Lipinski definition) is 3. The fourth-order valence-corrected chi connectivity index (χ4v) is 5.05. The highest BCUT2D eigenvalue weighted by molar-refractivity contribution is 6.32. The lowest BCUT2D eigenvalue weighted by molar-refractivity contribution is -0.139. The standard InChI is InChI=1S/C22H17Cl2FN2O3/c1-2-18(28)26-17-5-3-4-15(24)20(17)21-10-22(11-21,12-21)27-19(29)9-30-13-6-7-14(23)16(25)8-13/h1,3-8H,9-12H2,(H,26,28)(H,27,29). The normalized spacial score (nSPS) is 23.4. The fraction of sp³-hybridized carbons (Fsp3) is 0.273. The van der Waals surface area contributed by atoms with Crippen molar-refractivity contribution in [3.63, 3.8) is 0 Å². The van der Waals surface area contributed by atoms with E-state index in [1.807, 2.05) is 5.92 Å². The van der Waals surface area contributed by atoms with E-state index in [1.54, 1.807) is 18.2 Å². The molecule has 0 aromatic heterocycles. The van der Waals surface area contributed by atoms with Crippen LogP contribution in [0.5, 0.6) is 5.75 Å². The van der Waals surface area contributed by atoms with Crippen molar-refractivity contribution in [3.8, 4) is 18.1 Å². The van der Waals surface area contributed by atoms with Gasteiger partial charge in [0.25, 0.3) is 11.8 Å². The highest BCUT2D eigenvalue weighted by atomic mass is 35.5. The van der Waals surface area contributed by atoms with Crippen LogP contribution in [0, 0.1) is 18.2 Å². The lowest BCUT2D eigenvalue weighted by atomic mass is 9.37. The molecular formula is C22H17Cl2FN2O3. The number of halogens is 3. The monoisotopic (exact) mass is 446 g/mol. The maximum atomic E-state index is 13.5. The van der Waals surface area contributed by atoms with E-state index in [0.29, 0.717) is 30.0 Å². The number of hydrogen-bond donors (Lipinski definition) is 2. The maximum absolute atomic E-state index is 13.5. The van der Waals surface area contributed by atoms with Crippen LogP contribution in [0.4, 0.5) is 10.1 Å². The van der Waals surface area contributed by atoms with Gasteiger partial charge >= 0.3 is 0 Å². The summed E-state index contributed by atoms with van der Waals surface area (Å²) in [5, 5.41) is 6.23. The molecule has 3 aliphatic rings. The zero-order chi connectivity index (χ0) is 21.5. The zero-order valence-corrected chi connectivity index (χ0v) is 17.2. The molecule has 0 aliphatic heterocycles. The Morgan fingerprint density at radius 3 is 2.57 bits per heavy atom. The van der Waals surface area contributed by atoms with Gasteiger partial charge in [0.05, 0.1) is 5.02 Å². The Morgan fingerprint density at radius 1 is 1.17 bits per heavy atom. The van der Waals surface area contributed by atoms with E-state index in [2.05, 4.69) is 10.6 Å². The number of terminal acetylenes is 1. The van der Waals surface area contributed by atoms with Gasteiger partial charge in [-0.3, -0.25) is 9.59 Å². The van der Waals surface area contributed by atoms with Crippen LogP contribution in [-0.4, -0.2) is 24.0 Å². The summed E-state index contributed by atoms with van der Waals surface area (Å²) >= 11 is 12.1. The third kappa shape index (κ3) is 3.60. The first-order valence-corrected chi connectivity index (χ1v) is 9.97. The summed E-state index contributed by atoms with van der Waals surface area (Å²) in [6.07, 6.45) is 7.25. The average molecular weight is 447 g/mol. The zero-order valence-electron chi connectivity index (χ0n) is 15.7. The Hall–Kier alpha value is -2.75. The van der Waals surface area contributed by atoms with E-state index >= 15 is 0 Å². The van der Waals surface area contributed by atoms with Crippen molar-refractivity contribution in [2.45, 2.75) is 30.2 Å². The predicted octanol–water partition coefficient (Wildman–Crippen LogP) is 4.07. The summed E-state index contributed by atoms with van der Waals surface area (Å²) in [5.74, 6) is 0.822. The van der Waals surface area contributed by atoms with Gasteiger partial charge in [0, 0.05) is 33.3 Å². The molecule has 8 heteroatoms. The Morgan fingerprint density at radius 2 is 1.90 bits per heavy atom. The Labute approximate surface area is 182 Å². The Kier molecular flexibility index (Phi) is 5.13. The first-order valence-electron chi connectivity index (χ1n) is 9.21. The van der Waals surface area contributed by atoms with Gasteiger partial charge in [-0.2, -0.15) is 0 Å². The van der Waals surface area contributed by atoms with Crippen molar-refractivity contribution >= 4 is 40.7 Å². The van der Waals surface area contributed by atoms with Crippen LogP contribution in [0.15, 0.2) is 36.4 Å². The van der Waals surface area contributed by atoms with E-state index in [-0.39, 0.29) is 34.2 Å². The number of benzene rings is 2. The van der Waals surface area contributed by atoms with Crippen molar-refractivity contribution in [1.82, 2.24) is 5.32 Å². The third-order valence-electron chi connectivity index (χ3n) is 5.62. The fourth-order valence-electron chi connectivity index (χ4n) is 4.56. The van der Waals surface area contributed by atoms with Crippen LogP contribution in [0.3, 0.4) is 0 Å². The number of anilines is 1. The molecule has 3 aliphatic carbocycles. The van der Waals surface area contributed by atoms with Gasteiger partial charge in [0.15, 0.2) is 6.61 Å². The molecule has 30 heavy (non-hydrogen) atoms. The lowest BCUT2D eigenvalue weighted by Crippen LogP contribution is -2.77. The van der Waals surface area contributed by atoms with Crippen LogP contribution in [0.2, 0.25) is 10.0 Å². The number of carbonyl (C=O) groups excluding carboxylic acids is 2. The maximum Gasteiger partial charge on any atom is 0.300 e. The van der Waals surface area contributed by atoms with Crippen molar-refractivity contribution < 1.29 is 18.7 Å². The largest absolute Gasteiger partial charge is 0.484 e. The highest BCUT2D eigenvalue weighted by Crippen LogP contribution is 2.69. The molecule has 2 aromatic rings. The molecule has 2 bridgehead atoms. The van der Waals surface area contributed by atoms with Crippen LogP contribution >= 0.6 is 23.2 Å². The summed E-state index contributed by atoms with van der Waals surface area (Å²) < 4.78 is 18.8. The molecule has 2 amide bonds. The number of rotatable bonds is 6. The highest BCUT2D eigenvalue weighted by Gasteiger charge is 2.70. The van der Waals surface area contributed by atoms with Gasteiger partial charge in [0.2, 0.25) is 0 Å². The Bertz CT molecular complexity index is 1080. The summed E-state index contributed by atoms with van der Waals surface area (Å²) in [7, 11) is 0. The van der Waals surface area contributed by atoms with Gasteiger partial charge < -0.3 is 15.4 Å². The van der Waals surface area contributed by atoms with E-state index in [1.165, 1.54) is 12.1 Å². The van der Waals surface area contributed by atoms with Crippen molar-refractivity contribution in [1.29, 1.82) is 0 Å². The molecule has 2 aromatic carbocycles. The molecule has 0 radical (unpaired) electrons. The first kappa shape index (κ1) is 20.5. The Balaban J connectivity index is 1.37. The van der Waals surface area contributed by atoms with Gasteiger partial charge in [-0.15, -0.1) is 6.42 Å². The predicted molar refractivity (Wildman–Crippen MR) is 112 cm³/mol. The van der Waals surface area contributed by atoms with Gasteiger partial charge in [0.1, 0.15) is 11.6 Å². The molecule has 0 atom stereocenters. The topological polar surface area (TPSA) is 67.4 Å². The second-order valence-corrected chi connectivity index (χ2v) is 8.58. The second-order valence-electron chi connectivity index (χ2n) is 7.76. The average Bonchev–Trinajstić information content (AvgIpc) is 2.65. The summed E-state index contributed by atoms with van der Waals surface area (Å²) in [4.78, 5) is 23.9. The minimum atomic E-state index is -0.608. The quantitative estimate of drug-likeness (QED) is 0.657. The van der Waals surface area contributed by atoms with Crippen LogP contribution in [0.25, 0.3) is 0 Å². The molecule has 0 heterocycles. The first-order chi connectivity index (χ1) is 14.3. The molecule has 0 spiro atoms. The van der Waals surface area contributed by atoms with Gasteiger partial charge in [-0.1, -0.05) is 29.3 Å². The molecule has 5 rings (SSSR count). The van der Waals surface area contributed by atoms with Gasteiger partial charge in [-0.25, -0.2) is 4.39 Å². The molecule has 3 fully saturated rings. The van der Waals surface area contributed by atoms with Crippen LogP contribution in [0.1, 0.15) is 24.8 Å². The second kappa shape index (κ2) is 7.50. The van der Waals surface area contributed by atoms with Gasteiger partial charge in [-0.05, 0) is 49.4 Å². The van der Waals surface area contributed by atoms with E-state index < -0.39 is 11.7 Å². The lowest BCUT2D eigenvalue weighted by Gasteiger charge is -2.71. The minimum Gasteiger partial charge on any atom is -0.484 e. The van der Waals surface area contributed by atoms with Crippen molar-refractivity contribution in [2.24, 2.45) is 0 Å². The SMILES string of the molecule is C#CC(=O)Nc1cccc(Cl)c1C12CC(NC(=O)COc3ccc(Cl)c(F)c3)(C1)C2. The van der Waals surface area contributed by atoms with Crippen LogP contribution < -0.4 is 15.4 Å². The molecule has 0 unspecified atom stereocenters. The number of ether oxygens (including phenoxy) is 1. The minimum absolute atomic E-state index is 0.0108. The third-order valence-corrected chi connectivity index (χ3v) is 6.24. The van der Waals surface area contributed by atoms with Crippen LogP contribution in [-0.2, 0) is 15.0 Å². The smallest absolute Gasteiger partial charge is 0.300 e. The summed E-state index contributed by atoms with van der Waals surface area (Å²) in [6.45, 7) is -0.231. The molecule has 0 saturated heterocycles. The van der Waals surface area contributed by atoms with E-state index in [4.69, 9.17) is 34.4 Å². The molecule has 5 nitrogen and oxygen atoms in total. The van der Waals surface area contributed by atoms with E-state index in [9.17, 15) is 14.0 Å². The van der Waals surface area contributed by atoms with Crippen molar-refractivity contribution in [2.75, 3.05) is 11.9 Å². The summed E-state index contributed by atoms with van der Waals surface area (Å²) in [6, 6.07) is 9.29. The molecule has 154 valence electrons. The summed E-state index contributed by atoms with van der Waals surface area (Å²) in [5.41, 5.74) is 0.916. The number of carbonyl (C=O) groups is 2.